The lowest BCUT2D eigenvalue weighted by molar-refractivity contribution is -0.116. The third kappa shape index (κ3) is 4.04. The number of aromatic nitrogens is 4. The molecule has 0 bridgehead atoms. The number of rotatable bonds is 5. The molecule has 0 radical (unpaired) electrons. The molecule has 0 saturated carbocycles. The second-order valence-electron chi connectivity index (χ2n) is 7.06. The topological polar surface area (TPSA) is 83.4 Å². The highest BCUT2D eigenvalue weighted by Gasteiger charge is 2.19. The number of hydrogen-bond acceptors (Lipinski definition) is 4. The summed E-state index contributed by atoms with van der Waals surface area (Å²) in [6, 6.07) is 17.4. The average molecular weight is 466 g/mol. The van der Waals surface area contributed by atoms with Crippen LogP contribution >= 0.6 is 15.9 Å². The molecule has 0 spiro atoms. The smallest absolute Gasteiger partial charge is 0.277 e. The van der Waals surface area contributed by atoms with E-state index < -0.39 is 0 Å². The van der Waals surface area contributed by atoms with Crippen LogP contribution in [0.25, 0.3) is 5.78 Å². The number of aromatic amines is 1. The maximum Gasteiger partial charge on any atom is 0.277 e. The highest BCUT2D eigenvalue weighted by molar-refractivity contribution is 9.10. The first-order valence-corrected chi connectivity index (χ1v) is 10.3. The Morgan fingerprint density at radius 3 is 2.43 bits per heavy atom. The number of H-pyrrole nitrogens is 1. The van der Waals surface area contributed by atoms with Crippen LogP contribution in [-0.4, -0.2) is 25.5 Å². The Morgan fingerprint density at radius 1 is 1.07 bits per heavy atom. The van der Waals surface area contributed by atoms with Crippen molar-refractivity contribution in [2.24, 2.45) is 0 Å². The van der Waals surface area contributed by atoms with Gasteiger partial charge in [-0.1, -0.05) is 58.4 Å². The van der Waals surface area contributed by atoms with Crippen LogP contribution in [0.15, 0.2) is 63.9 Å². The standard InChI is InChI=1S/C22H20BrN5O2/c1-14-19(12-16-6-4-3-5-7-16)20(30)28-21(24-14)25-22(26-28)27(15(2)29)13-17-8-10-18(23)11-9-17/h3-11H,12-13H2,1-2H3,(H,24,25,26). The highest BCUT2D eigenvalue weighted by Crippen LogP contribution is 2.17. The van der Waals surface area contributed by atoms with E-state index in [9.17, 15) is 9.59 Å². The Bertz CT molecular complexity index is 1260. The quantitative estimate of drug-likeness (QED) is 0.487. The summed E-state index contributed by atoms with van der Waals surface area (Å²) in [5.41, 5.74) is 2.97. The number of benzene rings is 2. The van der Waals surface area contributed by atoms with E-state index in [1.165, 1.54) is 16.3 Å². The summed E-state index contributed by atoms with van der Waals surface area (Å²) in [5.74, 6) is 0.337. The molecule has 2 aromatic carbocycles. The van der Waals surface area contributed by atoms with Crippen molar-refractivity contribution in [3.8, 4) is 0 Å². The summed E-state index contributed by atoms with van der Waals surface area (Å²) in [5, 5.41) is 2.96. The van der Waals surface area contributed by atoms with Crippen molar-refractivity contribution >= 4 is 33.6 Å². The van der Waals surface area contributed by atoms with E-state index in [-0.39, 0.29) is 23.2 Å². The van der Waals surface area contributed by atoms with Crippen molar-refractivity contribution in [3.63, 3.8) is 0 Å². The van der Waals surface area contributed by atoms with Gasteiger partial charge in [0, 0.05) is 23.4 Å². The second-order valence-corrected chi connectivity index (χ2v) is 7.97. The molecule has 0 aliphatic rings. The van der Waals surface area contributed by atoms with Crippen LogP contribution in [0.1, 0.15) is 29.3 Å². The number of hydrogen-bond donors (Lipinski definition) is 1. The van der Waals surface area contributed by atoms with Gasteiger partial charge in [-0.05, 0) is 30.2 Å². The number of amides is 1. The summed E-state index contributed by atoms with van der Waals surface area (Å²) in [6.07, 6.45) is 0.477. The zero-order chi connectivity index (χ0) is 21.3. The van der Waals surface area contributed by atoms with Gasteiger partial charge in [0.2, 0.25) is 11.9 Å². The van der Waals surface area contributed by atoms with Gasteiger partial charge >= 0.3 is 0 Å². The summed E-state index contributed by atoms with van der Waals surface area (Å²) in [6.45, 7) is 3.60. The molecule has 4 aromatic rings. The van der Waals surface area contributed by atoms with Gasteiger partial charge in [-0.25, -0.2) is 4.98 Å². The Kier molecular flexibility index (Phi) is 5.50. The van der Waals surface area contributed by atoms with Gasteiger partial charge in [0.15, 0.2) is 0 Å². The van der Waals surface area contributed by atoms with Gasteiger partial charge in [0.1, 0.15) is 0 Å². The first-order valence-electron chi connectivity index (χ1n) is 9.47. The number of nitrogens with zero attached hydrogens (tertiary/aromatic N) is 4. The van der Waals surface area contributed by atoms with Crippen molar-refractivity contribution in [3.05, 3.63) is 91.8 Å². The molecule has 0 aliphatic carbocycles. The predicted octanol–water partition coefficient (Wildman–Crippen LogP) is 3.63. The maximum absolute atomic E-state index is 13.1. The predicted molar refractivity (Wildman–Crippen MR) is 119 cm³/mol. The summed E-state index contributed by atoms with van der Waals surface area (Å²) in [4.78, 5) is 35.8. The monoisotopic (exact) mass is 465 g/mol. The van der Waals surface area contributed by atoms with Gasteiger partial charge in [0.05, 0.1) is 12.2 Å². The zero-order valence-corrected chi connectivity index (χ0v) is 18.2. The molecule has 1 amide bonds. The number of nitrogens with one attached hydrogen (secondary N) is 1. The van der Waals surface area contributed by atoms with Crippen molar-refractivity contribution in [2.45, 2.75) is 26.8 Å². The second kappa shape index (κ2) is 8.23. The van der Waals surface area contributed by atoms with E-state index >= 15 is 0 Å². The van der Waals surface area contributed by atoms with E-state index in [0.29, 0.717) is 24.2 Å². The Hall–Kier alpha value is -3.26. The molecule has 30 heavy (non-hydrogen) atoms. The first kappa shape index (κ1) is 20.0. The van der Waals surface area contributed by atoms with E-state index in [4.69, 9.17) is 0 Å². The van der Waals surface area contributed by atoms with E-state index in [0.717, 1.165) is 15.6 Å². The normalized spacial score (nSPS) is 11.0. The van der Waals surface area contributed by atoms with Gasteiger partial charge in [0.25, 0.3) is 11.3 Å². The van der Waals surface area contributed by atoms with Crippen molar-refractivity contribution in [1.82, 2.24) is 19.6 Å². The van der Waals surface area contributed by atoms with Crippen molar-refractivity contribution in [1.29, 1.82) is 0 Å². The third-order valence-corrected chi connectivity index (χ3v) is 5.43. The number of anilines is 1. The fraction of sp³-hybridized carbons (Fsp3) is 0.182. The van der Waals surface area contributed by atoms with Gasteiger partial charge in [-0.2, -0.15) is 9.50 Å². The number of carbonyl (C=O) groups is 1. The largest absolute Gasteiger partial charge is 0.277 e. The van der Waals surface area contributed by atoms with Crippen LogP contribution in [0.4, 0.5) is 5.95 Å². The van der Waals surface area contributed by atoms with Crippen molar-refractivity contribution in [2.75, 3.05) is 4.90 Å². The molecule has 1 N–H and O–H groups in total. The first-order chi connectivity index (χ1) is 14.4. The average Bonchev–Trinajstić information content (AvgIpc) is 3.15. The molecule has 2 aromatic heterocycles. The lowest BCUT2D eigenvalue weighted by Crippen LogP contribution is -2.29. The molecule has 0 saturated heterocycles. The summed E-state index contributed by atoms with van der Waals surface area (Å²) >= 11 is 3.41. The van der Waals surface area contributed by atoms with Crippen molar-refractivity contribution < 1.29 is 4.79 Å². The lowest BCUT2D eigenvalue weighted by atomic mass is 10.1. The molecule has 4 rings (SSSR count). The fourth-order valence-electron chi connectivity index (χ4n) is 3.28. The van der Waals surface area contributed by atoms with Crippen LogP contribution in [0.3, 0.4) is 0 Å². The maximum atomic E-state index is 13.1. The molecule has 0 aliphatic heterocycles. The molecule has 7 nitrogen and oxygen atoms in total. The van der Waals surface area contributed by atoms with Gasteiger partial charge < -0.3 is 0 Å². The minimum Gasteiger partial charge on any atom is -0.277 e. The van der Waals surface area contributed by atoms with E-state index in [1.54, 1.807) is 6.92 Å². The zero-order valence-electron chi connectivity index (χ0n) is 16.6. The Morgan fingerprint density at radius 2 is 1.77 bits per heavy atom. The van der Waals surface area contributed by atoms with E-state index in [2.05, 4.69) is 31.0 Å². The molecule has 0 unspecified atom stereocenters. The van der Waals surface area contributed by atoms with Crippen LogP contribution in [0.5, 0.6) is 0 Å². The Balaban J connectivity index is 1.72. The third-order valence-electron chi connectivity index (χ3n) is 4.90. The minimum absolute atomic E-state index is 0.189. The number of fused-ring (bicyclic) bond motifs is 1. The molecular formula is C22H20BrN5O2. The van der Waals surface area contributed by atoms with E-state index in [1.807, 2.05) is 54.6 Å². The molecule has 2 heterocycles. The molecular weight excluding hydrogens is 446 g/mol. The van der Waals surface area contributed by atoms with Gasteiger partial charge in [-0.15, -0.1) is 0 Å². The fourth-order valence-corrected chi connectivity index (χ4v) is 3.54. The molecule has 0 fully saturated rings. The molecule has 0 atom stereocenters. The minimum atomic E-state index is -0.216. The van der Waals surface area contributed by atoms with Crippen LogP contribution in [0.2, 0.25) is 0 Å². The molecule has 152 valence electrons. The Labute approximate surface area is 181 Å². The summed E-state index contributed by atoms with van der Waals surface area (Å²) in [7, 11) is 0. The molecule has 8 heteroatoms. The van der Waals surface area contributed by atoms with Gasteiger partial charge in [-0.3, -0.25) is 19.6 Å². The lowest BCUT2D eigenvalue weighted by Gasteiger charge is -2.17. The highest BCUT2D eigenvalue weighted by atomic mass is 79.9. The number of carbonyl (C=O) groups excluding carboxylic acids is 1. The number of halogens is 1. The van der Waals surface area contributed by atoms with Crippen LogP contribution in [-0.2, 0) is 17.8 Å². The summed E-state index contributed by atoms with van der Waals surface area (Å²) < 4.78 is 2.26. The number of aryl methyl sites for hydroxylation is 1. The van der Waals surface area contributed by atoms with Crippen LogP contribution < -0.4 is 10.5 Å². The van der Waals surface area contributed by atoms with Crippen LogP contribution in [0, 0.1) is 6.92 Å². The SMILES string of the molecule is CC(=O)N(Cc1ccc(Br)cc1)c1nc2nc(C)c(Cc3ccccc3)c(=O)n2[nH]1.